The molecule has 4 heteroatoms. The van der Waals surface area contributed by atoms with Gasteiger partial charge in [-0.15, -0.1) is 0 Å². The summed E-state index contributed by atoms with van der Waals surface area (Å²) >= 11 is 0. The van der Waals surface area contributed by atoms with E-state index in [2.05, 4.69) is 4.98 Å². The van der Waals surface area contributed by atoms with Gasteiger partial charge in [0.2, 0.25) is 0 Å². The largest absolute Gasteiger partial charge is 0.506 e. The normalized spacial score (nSPS) is 9.70. The maximum Gasteiger partial charge on any atom is 0.142 e. The van der Waals surface area contributed by atoms with Crippen LogP contribution in [0.3, 0.4) is 0 Å². The molecule has 0 spiro atoms. The lowest BCUT2D eigenvalue weighted by molar-refractivity contribution is 0.440. The van der Waals surface area contributed by atoms with Crippen molar-refractivity contribution in [1.29, 1.82) is 0 Å². The molecule has 0 atom stereocenters. The predicted octanol–water partition coefficient (Wildman–Crippen LogP) is -0.0485. The number of nitrogens with zero attached hydrogens (tertiary/aromatic N) is 1. The van der Waals surface area contributed by atoms with E-state index in [1.807, 2.05) is 0 Å². The van der Waals surface area contributed by atoms with Gasteiger partial charge < -0.3 is 15.9 Å². The first-order chi connectivity index (χ1) is 4.74. The van der Waals surface area contributed by atoms with E-state index in [0.29, 0.717) is 5.69 Å². The van der Waals surface area contributed by atoms with Gasteiger partial charge in [-0.3, -0.25) is 4.98 Å². The summed E-state index contributed by atoms with van der Waals surface area (Å²) in [5.41, 5.74) is 5.58. The second-order valence-electron chi connectivity index (χ2n) is 1.86. The Morgan fingerprint density at radius 1 is 1.50 bits per heavy atom. The van der Waals surface area contributed by atoms with E-state index in [1.54, 1.807) is 0 Å². The molecule has 0 bridgehead atoms. The molecule has 4 N–H and O–H groups in total. The molecule has 0 saturated carbocycles. The Bertz CT molecular complexity index is 237. The second kappa shape index (κ2) is 2.53. The molecule has 0 aliphatic rings. The van der Waals surface area contributed by atoms with E-state index in [4.69, 9.17) is 15.9 Å². The minimum Gasteiger partial charge on any atom is -0.506 e. The molecule has 0 aliphatic carbocycles. The Hall–Kier alpha value is -1.29. The molecular formula is C6H8N2O2. The average molecular weight is 140 g/mol. The van der Waals surface area contributed by atoms with Crippen LogP contribution in [0, 0.1) is 0 Å². The van der Waals surface area contributed by atoms with Crippen molar-refractivity contribution in [2.75, 3.05) is 0 Å². The molecule has 1 aromatic heterocycles. The fourth-order valence-corrected chi connectivity index (χ4v) is 0.628. The lowest BCUT2D eigenvalue weighted by atomic mass is 10.3. The van der Waals surface area contributed by atoms with Crippen LogP contribution in [0.2, 0.25) is 0 Å². The first-order valence-electron chi connectivity index (χ1n) is 2.81. The van der Waals surface area contributed by atoms with Crippen LogP contribution in [0.1, 0.15) is 5.69 Å². The molecule has 0 amide bonds. The number of nitrogens with two attached hydrogens (primary N) is 1. The molecular weight excluding hydrogens is 132 g/mol. The summed E-state index contributed by atoms with van der Waals surface area (Å²) in [7, 11) is 0. The van der Waals surface area contributed by atoms with Gasteiger partial charge in [0.15, 0.2) is 0 Å². The number of rotatable bonds is 1. The molecule has 0 saturated heterocycles. The van der Waals surface area contributed by atoms with E-state index in [0.717, 1.165) is 0 Å². The fraction of sp³-hybridized carbons (Fsp3) is 0.167. The van der Waals surface area contributed by atoms with Crippen LogP contribution in [0.5, 0.6) is 11.5 Å². The van der Waals surface area contributed by atoms with Crippen molar-refractivity contribution in [3.8, 4) is 11.5 Å². The lowest BCUT2D eigenvalue weighted by Gasteiger charge is -1.98. The Morgan fingerprint density at radius 2 is 2.20 bits per heavy atom. The Labute approximate surface area is 57.9 Å². The number of hydrogen-bond donors (Lipinski definition) is 3. The van der Waals surface area contributed by atoms with Crippen LogP contribution in [-0.4, -0.2) is 15.2 Å². The van der Waals surface area contributed by atoms with Crippen molar-refractivity contribution in [3.63, 3.8) is 0 Å². The zero-order valence-electron chi connectivity index (χ0n) is 5.28. The van der Waals surface area contributed by atoms with Crippen LogP contribution in [0.15, 0.2) is 12.3 Å². The summed E-state index contributed by atoms with van der Waals surface area (Å²) in [6.45, 7) is 0.173. The average Bonchev–Trinajstić information content (AvgIpc) is 1.88. The molecule has 1 aromatic rings. The molecule has 0 radical (unpaired) electrons. The Morgan fingerprint density at radius 3 is 2.70 bits per heavy atom. The number of hydrogen-bond acceptors (Lipinski definition) is 4. The summed E-state index contributed by atoms with van der Waals surface area (Å²) in [4.78, 5) is 3.67. The summed E-state index contributed by atoms with van der Waals surface area (Å²) in [6, 6.07) is 1.20. The summed E-state index contributed by atoms with van der Waals surface area (Å²) < 4.78 is 0. The van der Waals surface area contributed by atoms with Crippen LogP contribution in [0.4, 0.5) is 0 Å². The standard InChI is InChI=1S/C6H8N2O2/c7-2-5-6(10)1-4(9)3-8-5/h1,3,9-10H,2,7H2. The van der Waals surface area contributed by atoms with E-state index >= 15 is 0 Å². The summed E-state index contributed by atoms with van der Waals surface area (Å²) in [5, 5.41) is 17.8. The highest BCUT2D eigenvalue weighted by Gasteiger charge is 1.99. The van der Waals surface area contributed by atoms with Crippen molar-refractivity contribution in [2.45, 2.75) is 6.54 Å². The van der Waals surface area contributed by atoms with Crippen LogP contribution in [0.25, 0.3) is 0 Å². The Kier molecular flexibility index (Phi) is 1.73. The van der Waals surface area contributed by atoms with Gasteiger partial charge in [-0.2, -0.15) is 0 Å². The first kappa shape index (κ1) is 6.82. The number of aromatic nitrogens is 1. The van der Waals surface area contributed by atoms with Crippen molar-refractivity contribution in [2.24, 2.45) is 5.73 Å². The number of aromatic hydroxyl groups is 2. The molecule has 0 aliphatic heterocycles. The van der Waals surface area contributed by atoms with E-state index in [1.165, 1.54) is 12.3 Å². The highest BCUT2D eigenvalue weighted by Crippen LogP contribution is 2.18. The number of pyridine rings is 1. The van der Waals surface area contributed by atoms with Crippen LogP contribution in [-0.2, 0) is 6.54 Å². The van der Waals surface area contributed by atoms with Crippen molar-refractivity contribution >= 4 is 0 Å². The minimum absolute atomic E-state index is 0.0605. The first-order valence-corrected chi connectivity index (χ1v) is 2.81. The van der Waals surface area contributed by atoms with Crippen molar-refractivity contribution in [3.05, 3.63) is 18.0 Å². The van der Waals surface area contributed by atoms with Gasteiger partial charge in [0, 0.05) is 12.6 Å². The maximum atomic E-state index is 8.99. The maximum absolute atomic E-state index is 8.99. The van der Waals surface area contributed by atoms with E-state index in [-0.39, 0.29) is 18.0 Å². The fourth-order valence-electron chi connectivity index (χ4n) is 0.628. The van der Waals surface area contributed by atoms with E-state index < -0.39 is 0 Å². The summed E-state index contributed by atoms with van der Waals surface area (Å²) in [6.07, 6.45) is 1.24. The Balaban J connectivity index is 3.07. The molecule has 0 fully saturated rings. The lowest BCUT2D eigenvalue weighted by Crippen LogP contribution is -1.98. The minimum atomic E-state index is -0.0671. The molecule has 1 rings (SSSR count). The van der Waals surface area contributed by atoms with Gasteiger partial charge in [-0.1, -0.05) is 0 Å². The summed E-state index contributed by atoms with van der Waals surface area (Å²) in [5.74, 6) is -0.128. The van der Waals surface area contributed by atoms with Gasteiger partial charge >= 0.3 is 0 Å². The van der Waals surface area contributed by atoms with Gasteiger partial charge in [0.05, 0.1) is 11.9 Å². The van der Waals surface area contributed by atoms with Crippen molar-refractivity contribution < 1.29 is 10.2 Å². The third kappa shape index (κ3) is 1.16. The molecule has 10 heavy (non-hydrogen) atoms. The van der Waals surface area contributed by atoms with Gasteiger partial charge in [-0.25, -0.2) is 0 Å². The highest BCUT2D eigenvalue weighted by atomic mass is 16.3. The zero-order chi connectivity index (χ0) is 7.56. The molecule has 0 aromatic carbocycles. The molecule has 0 unspecified atom stereocenters. The van der Waals surface area contributed by atoms with Gasteiger partial charge in [0.1, 0.15) is 11.5 Å². The van der Waals surface area contributed by atoms with E-state index in [9.17, 15) is 0 Å². The monoisotopic (exact) mass is 140 g/mol. The highest BCUT2D eigenvalue weighted by molar-refractivity contribution is 5.32. The van der Waals surface area contributed by atoms with Crippen molar-refractivity contribution in [1.82, 2.24) is 4.98 Å². The molecule has 4 nitrogen and oxygen atoms in total. The predicted molar refractivity (Wildman–Crippen MR) is 35.5 cm³/mol. The molecule has 54 valence electrons. The third-order valence-electron chi connectivity index (χ3n) is 1.13. The van der Waals surface area contributed by atoms with Gasteiger partial charge in [0.25, 0.3) is 0 Å². The van der Waals surface area contributed by atoms with Gasteiger partial charge in [-0.05, 0) is 0 Å². The topological polar surface area (TPSA) is 79.4 Å². The smallest absolute Gasteiger partial charge is 0.142 e. The quantitative estimate of drug-likeness (QED) is 0.511. The SMILES string of the molecule is NCc1ncc(O)cc1O. The van der Waals surface area contributed by atoms with Crippen LogP contribution < -0.4 is 5.73 Å². The zero-order valence-corrected chi connectivity index (χ0v) is 5.28. The second-order valence-corrected chi connectivity index (χ2v) is 1.86. The third-order valence-corrected chi connectivity index (χ3v) is 1.13. The molecule has 1 heterocycles. The van der Waals surface area contributed by atoms with Crippen LogP contribution >= 0.6 is 0 Å².